The minimum absolute atomic E-state index is 0.152. The normalized spacial score (nSPS) is 16.4. The van der Waals surface area contributed by atoms with Crippen molar-refractivity contribution in [2.45, 2.75) is 24.8 Å². The van der Waals surface area contributed by atoms with Gasteiger partial charge in [-0.3, -0.25) is 9.36 Å². The standard InChI is InChI=1S/C22H20N2O3S3/c1-4-27-21(26)18-13(2)23-22-24(19(18)14-7-9-15(28-3)10-8-14)20(25)17(30-22)12-16-6-5-11-29-16/h5-12,19H,4H2,1-3H3/b17-12-. The number of thiazole rings is 1. The van der Waals surface area contributed by atoms with Gasteiger partial charge in [-0.25, -0.2) is 9.79 Å². The van der Waals surface area contributed by atoms with Gasteiger partial charge in [0.25, 0.3) is 5.56 Å². The summed E-state index contributed by atoms with van der Waals surface area (Å²) in [7, 11) is 0. The van der Waals surface area contributed by atoms with Crippen molar-refractivity contribution in [3.63, 3.8) is 0 Å². The van der Waals surface area contributed by atoms with Crippen LogP contribution >= 0.6 is 34.4 Å². The third-order valence-corrected chi connectivity index (χ3v) is 7.31. The number of thioether (sulfide) groups is 1. The van der Waals surface area contributed by atoms with Crippen LogP contribution in [0.25, 0.3) is 6.08 Å². The van der Waals surface area contributed by atoms with E-state index in [1.807, 2.05) is 54.1 Å². The van der Waals surface area contributed by atoms with Gasteiger partial charge in [-0.05, 0) is 55.3 Å². The molecule has 0 saturated carbocycles. The number of nitrogens with zero attached hydrogens (tertiary/aromatic N) is 2. The second-order valence-corrected chi connectivity index (χ2v) is 9.46. The Labute approximate surface area is 186 Å². The quantitative estimate of drug-likeness (QED) is 0.435. The summed E-state index contributed by atoms with van der Waals surface area (Å²) in [6.45, 7) is 3.83. The molecule has 30 heavy (non-hydrogen) atoms. The lowest BCUT2D eigenvalue weighted by atomic mass is 9.96. The molecule has 1 unspecified atom stereocenters. The predicted octanol–water partition coefficient (Wildman–Crippen LogP) is 3.58. The van der Waals surface area contributed by atoms with Crippen LogP contribution in [0.2, 0.25) is 0 Å². The SMILES string of the molecule is CCOC(=O)C1=C(C)N=c2s/c(=C\c3cccs3)c(=O)n2C1c1ccc(SC)cc1. The molecule has 154 valence electrons. The molecule has 0 radical (unpaired) electrons. The molecule has 2 aromatic heterocycles. The minimum atomic E-state index is -0.568. The number of rotatable bonds is 5. The van der Waals surface area contributed by atoms with Gasteiger partial charge < -0.3 is 4.74 Å². The minimum Gasteiger partial charge on any atom is -0.463 e. The van der Waals surface area contributed by atoms with E-state index in [4.69, 9.17) is 4.74 Å². The van der Waals surface area contributed by atoms with E-state index >= 15 is 0 Å². The van der Waals surface area contributed by atoms with Crippen molar-refractivity contribution in [2.24, 2.45) is 4.99 Å². The monoisotopic (exact) mass is 456 g/mol. The van der Waals surface area contributed by atoms with Crippen LogP contribution in [0.15, 0.2) is 67.7 Å². The zero-order valence-electron chi connectivity index (χ0n) is 16.7. The first-order valence-corrected chi connectivity index (χ1v) is 12.3. The third-order valence-electron chi connectivity index (χ3n) is 4.77. The molecule has 0 bridgehead atoms. The van der Waals surface area contributed by atoms with E-state index in [1.165, 1.54) is 11.3 Å². The fourth-order valence-corrected chi connectivity index (χ4v) is 5.57. The number of esters is 1. The van der Waals surface area contributed by atoms with Gasteiger partial charge in [0, 0.05) is 9.77 Å². The lowest BCUT2D eigenvalue weighted by Crippen LogP contribution is -2.39. The predicted molar refractivity (Wildman–Crippen MR) is 123 cm³/mol. The molecule has 5 nitrogen and oxygen atoms in total. The molecule has 0 amide bonds. The van der Waals surface area contributed by atoms with Crippen LogP contribution in [0.3, 0.4) is 0 Å². The zero-order valence-corrected chi connectivity index (χ0v) is 19.2. The number of hydrogen-bond acceptors (Lipinski definition) is 7. The molecule has 1 aliphatic heterocycles. The number of hydrogen-bond donors (Lipinski definition) is 0. The molecule has 3 heterocycles. The number of aromatic nitrogens is 1. The van der Waals surface area contributed by atoms with Crippen LogP contribution in [0.1, 0.15) is 30.3 Å². The summed E-state index contributed by atoms with van der Waals surface area (Å²) in [5.74, 6) is -0.440. The van der Waals surface area contributed by atoms with Crippen LogP contribution in [-0.4, -0.2) is 23.4 Å². The second-order valence-electron chi connectivity index (χ2n) is 6.59. The fraction of sp³-hybridized carbons (Fsp3) is 0.227. The van der Waals surface area contributed by atoms with Crippen molar-refractivity contribution in [1.82, 2.24) is 4.57 Å². The van der Waals surface area contributed by atoms with Crippen molar-refractivity contribution in [1.29, 1.82) is 0 Å². The molecular weight excluding hydrogens is 436 g/mol. The maximum Gasteiger partial charge on any atom is 0.338 e. The molecule has 8 heteroatoms. The highest BCUT2D eigenvalue weighted by Gasteiger charge is 2.33. The lowest BCUT2D eigenvalue weighted by molar-refractivity contribution is -0.139. The largest absolute Gasteiger partial charge is 0.463 e. The van der Waals surface area contributed by atoms with Crippen LogP contribution in [0.5, 0.6) is 0 Å². The number of thiophene rings is 1. The molecule has 0 spiro atoms. The molecule has 0 fully saturated rings. The molecule has 0 saturated heterocycles. The number of ether oxygens (including phenoxy) is 1. The Hall–Kier alpha value is -2.42. The first-order chi connectivity index (χ1) is 14.5. The molecule has 4 rings (SSSR count). The molecule has 1 aliphatic rings. The molecule has 0 N–H and O–H groups in total. The zero-order chi connectivity index (χ0) is 21.3. The van der Waals surface area contributed by atoms with E-state index in [1.54, 1.807) is 41.5 Å². The van der Waals surface area contributed by atoms with Crippen molar-refractivity contribution in [3.8, 4) is 0 Å². The lowest BCUT2D eigenvalue weighted by Gasteiger charge is -2.24. The second kappa shape index (κ2) is 8.75. The third kappa shape index (κ3) is 3.82. The molecule has 1 atom stereocenters. The number of allylic oxidation sites excluding steroid dienone is 1. The van der Waals surface area contributed by atoms with Crippen LogP contribution < -0.4 is 14.9 Å². The molecular formula is C22H20N2O3S3. The highest BCUT2D eigenvalue weighted by atomic mass is 32.2. The highest BCUT2D eigenvalue weighted by Crippen LogP contribution is 2.31. The van der Waals surface area contributed by atoms with Gasteiger partial charge in [0.1, 0.15) is 0 Å². The summed E-state index contributed by atoms with van der Waals surface area (Å²) < 4.78 is 7.54. The Morgan fingerprint density at radius 3 is 2.70 bits per heavy atom. The maximum atomic E-state index is 13.4. The van der Waals surface area contributed by atoms with E-state index in [0.29, 0.717) is 20.6 Å². The summed E-state index contributed by atoms with van der Waals surface area (Å²) >= 11 is 4.56. The van der Waals surface area contributed by atoms with Gasteiger partial charge in [-0.1, -0.05) is 29.5 Å². The Morgan fingerprint density at radius 2 is 2.07 bits per heavy atom. The summed E-state index contributed by atoms with van der Waals surface area (Å²) in [5.41, 5.74) is 1.69. The fourth-order valence-electron chi connectivity index (χ4n) is 3.40. The van der Waals surface area contributed by atoms with Crippen LogP contribution in [-0.2, 0) is 9.53 Å². The first kappa shape index (κ1) is 20.8. The molecule has 3 aromatic rings. The highest BCUT2D eigenvalue weighted by molar-refractivity contribution is 7.98. The van der Waals surface area contributed by atoms with Gasteiger partial charge in [-0.2, -0.15) is 0 Å². The number of carbonyl (C=O) groups is 1. The van der Waals surface area contributed by atoms with Crippen molar-refractivity contribution in [3.05, 3.63) is 83.2 Å². The van der Waals surface area contributed by atoms with Gasteiger partial charge in [0.05, 0.1) is 28.5 Å². The van der Waals surface area contributed by atoms with Gasteiger partial charge in [-0.15, -0.1) is 23.1 Å². The van der Waals surface area contributed by atoms with E-state index < -0.39 is 12.0 Å². The summed E-state index contributed by atoms with van der Waals surface area (Å²) in [5, 5.41) is 1.97. The number of benzene rings is 1. The Morgan fingerprint density at radius 1 is 1.30 bits per heavy atom. The summed E-state index contributed by atoms with van der Waals surface area (Å²) in [4.78, 5) is 33.5. The van der Waals surface area contributed by atoms with Crippen LogP contribution in [0.4, 0.5) is 0 Å². The maximum absolute atomic E-state index is 13.4. The molecule has 0 aliphatic carbocycles. The Kier molecular flexibility index (Phi) is 6.08. The average molecular weight is 457 g/mol. The smallest absolute Gasteiger partial charge is 0.338 e. The number of carbonyl (C=O) groups excluding carboxylic acids is 1. The van der Waals surface area contributed by atoms with Gasteiger partial charge in [0.2, 0.25) is 0 Å². The van der Waals surface area contributed by atoms with Crippen molar-refractivity contribution in [2.75, 3.05) is 12.9 Å². The van der Waals surface area contributed by atoms with E-state index in [0.717, 1.165) is 15.3 Å². The van der Waals surface area contributed by atoms with Crippen molar-refractivity contribution >= 4 is 46.5 Å². The van der Waals surface area contributed by atoms with E-state index in [-0.39, 0.29) is 12.2 Å². The Balaban J connectivity index is 1.95. The number of fused-ring (bicyclic) bond motifs is 1. The summed E-state index contributed by atoms with van der Waals surface area (Å²) in [6, 6.07) is 11.3. The van der Waals surface area contributed by atoms with E-state index in [2.05, 4.69) is 4.99 Å². The van der Waals surface area contributed by atoms with Crippen molar-refractivity contribution < 1.29 is 9.53 Å². The van der Waals surface area contributed by atoms with E-state index in [9.17, 15) is 9.59 Å². The average Bonchev–Trinajstić information content (AvgIpc) is 3.36. The van der Waals surface area contributed by atoms with Crippen LogP contribution in [0, 0.1) is 0 Å². The van der Waals surface area contributed by atoms with Gasteiger partial charge >= 0.3 is 5.97 Å². The van der Waals surface area contributed by atoms with Gasteiger partial charge in [0.15, 0.2) is 4.80 Å². The summed E-state index contributed by atoms with van der Waals surface area (Å²) in [6.07, 6.45) is 3.89. The Bertz CT molecular complexity index is 1280. The topological polar surface area (TPSA) is 60.7 Å². The first-order valence-electron chi connectivity index (χ1n) is 9.40. The molecule has 1 aromatic carbocycles.